The minimum atomic E-state index is -0.0199. The lowest BCUT2D eigenvalue weighted by Crippen LogP contribution is -1.85. The molecule has 0 spiro atoms. The molecule has 0 atom stereocenters. The van der Waals surface area contributed by atoms with Gasteiger partial charge >= 0.3 is 0 Å². The molecule has 1 N–H and O–H groups in total. The number of aromatic hydroxyl groups is 1. The first kappa shape index (κ1) is 10.8. The number of rotatable bonds is 1. The second-order valence-electron chi connectivity index (χ2n) is 3.23. The van der Waals surface area contributed by atoms with Crippen molar-refractivity contribution in [2.24, 2.45) is 0 Å². The maximum absolute atomic E-state index is 9.75. The number of phenols is 1. The van der Waals surface area contributed by atoms with Crippen molar-refractivity contribution in [2.45, 2.75) is 13.8 Å². The van der Waals surface area contributed by atoms with Crippen LogP contribution >= 0.6 is 0 Å². The molecular formula is C12H10N2O. The van der Waals surface area contributed by atoms with Gasteiger partial charge in [0, 0.05) is 5.56 Å². The Bertz CT molecular complexity index is 486. The van der Waals surface area contributed by atoms with Crippen LogP contribution in [0.25, 0.3) is 6.08 Å². The number of benzene rings is 1. The summed E-state index contributed by atoms with van der Waals surface area (Å²) in [4.78, 5) is 0. The third kappa shape index (κ3) is 2.15. The summed E-state index contributed by atoms with van der Waals surface area (Å²) in [6.45, 7) is 3.68. The third-order valence-corrected chi connectivity index (χ3v) is 2.27. The van der Waals surface area contributed by atoms with Crippen molar-refractivity contribution in [2.75, 3.05) is 0 Å². The molecule has 0 aliphatic carbocycles. The molecule has 0 bridgehead atoms. The standard InChI is InChI=1S/C12H10N2O/c1-8-3-4-11(12(15)9(8)2)5-10(6-13)7-14/h3-5,15H,1-2H3. The SMILES string of the molecule is Cc1ccc(C=C(C#N)C#N)c(O)c1C. The van der Waals surface area contributed by atoms with Gasteiger partial charge in [-0.25, -0.2) is 0 Å². The van der Waals surface area contributed by atoms with Crippen molar-refractivity contribution in [1.82, 2.24) is 0 Å². The van der Waals surface area contributed by atoms with E-state index in [0.29, 0.717) is 5.56 Å². The molecule has 0 saturated heterocycles. The van der Waals surface area contributed by atoms with Crippen LogP contribution < -0.4 is 0 Å². The maximum atomic E-state index is 9.75. The van der Waals surface area contributed by atoms with Crippen molar-refractivity contribution in [3.63, 3.8) is 0 Å². The van der Waals surface area contributed by atoms with Gasteiger partial charge in [0.1, 0.15) is 23.5 Å². The maximum Gasteiger partial charge on any atom is 0.130 e. The van der Waals surface area contributed by atoms with E-state index >= 15 is 0 Å². The Morgan fingerprint density at radius 1 is 1.27 bits per heavy atom. The summed E-state index contributed by atoms with van der Waals surface area (Å²) in [6.07, 6.45) is 1.38. The van der Waals surface area contributed by atoms with Gasteiger partial charge in [0.05, 0.1) is 0 Å². The zero-order valence-electron chi connectivity index (χ0n) is 8.57. The van der Waals surface area contributed by atoms with Crippen LogP contribution in [0.15, 0.2) is 17.7 Å². The van der Waals surface area contributed by atoms with Crippen LogP contribution in [-0.4, -0.2) is 5.11 Å². The van der Waals surface area contributed by atoms with Gasteiger partial charge in [-0.05, 0) is 31.1 Å². The lowest BCUT2D eigenvalue weighted by atomic mass is 10.0. The molecule has 3 heteroatoms. The first-order valence-electron chi connectivity index (χ1n) is 4.41. The topological polar surface area (TPSA) is 67.8 Å². The second-order valence-corrected chi connectivity index (χ2v) is 3.23. The number of hydrogen-bond acceptors (Lipinski definition) is 3. The van der Waals surface area contributed by atoms with Crippen molar-refractivity contribution < 1.29 is 5.11 Å². The largest absolute Gasteiger partial charge is 0.507 e. The number of hydrogen-bond donors (Lipinski definition) is 1. The summed E-state index contributed by atoms with van der Waals surface area (Å²) in [7, 11) is 0. The summed E-state index contributed by atoms with van der Waals surface area (Å²) in [5.74, 6) is 0.123. The number of aryl methyl sites for hydroxylation is 1. The Morgan fingerprint density at radius 3 is 2.40 bits per heavy atom. The van der Waals surface area contributed by atoms with Crippen molar-refractivity contribution in [1.29, 1.82) is 10.5 Å². The average molecular weight is 198 g/mol. The van der Waals surface area contributed by atoms with Gasteiger partial charge in [0.25, 0.3) is 0 Å². The lowest BCUT2D eigenvalue weighted by Gasteiger charge is -2.05. The predicted molar refractivity (Wildman–Crippen MR) is 56.8 cm³/mol. The monoisotopic (exact) mass is 198 g/mol. The smallest absolute Gasteiger partial charge is 0.130 e. The van der Waals surface area contributed by atoms with E-state index in [4.69, 9.17) is 10.5 Å². The number of nitriles is 2. The quantitative estimate of drug-likeness (QED) is 0.704. The van der Waals surface area contributed by atoms with E-state index in [0.717, 1.165) is 11.1 Å². The van der Waals surface area contributed by atoms with Gasteiger partial charge in [-0.1, -0.05) is 12.1 Å². The van der Waals surface area contributed by atoms with E-state index in [1.54, 1.807) is 25.1 Å². The highest BCUT2D eigenvalue weighted by Crippen LogP contribution is 2.26. The molecule has 0 fully saturated rings. The van der Waals surface area contributed by atoms with Crippen LogP contribution in [0.4, 0.5) is 0 Å². The number of allylic oxidation sites excluding steroid dienone is 1. The molecule has 0 radical (unpaired) electrons. The molecule has 0 amide bonds. The highest BCUT2D eigenvalue weighted by atomic mass is 16.3. The zero-order valence-corrected chi connectivity index (χ0v) is 8.57. The van der Waals surface area contributed by atoms with E-state index in [1.807, 2.05) is 13.0 Å². The molecule has 3 nitrogen and oxygen atoms in total. The number of phenolic OH excluding ortho intramolecular Hbond substituents is 1. The van der Waals surface area contributed by atoms with Crippen LogP contribution in [0.1, 0.15) is 16.7 Å². The highest BCUT2D eigenvalue weighted by molar-refractivity contribution is 5.67. The zero-order chi connectivity index (χ0) is 11.4. The van der Waals surface area contributed by atoms with Crippen molar-refractivity contribution in [3.8, 4) is 17.9 Å². The molecule has 0 aliphatic rings. The van der Waals surface area contributed by atoms with Crippen molar-refractivity contribution in [3.05, 3.63) is 34.4 Å². The molecule has 0 aliphatic heterocycles. The Kier molecular flexibility index (Phi) is 3.10. The van der Waals surface area contributed by atoms with Gasteiger partial charge in [-0.15, -0.1) is 0 Å². The minimum absolute atomic E-state index is 0.0199. The van der Waals surface area contributed by atoms with Crippen LogP contribution in [0.3, 0.4) is 0 Å². The van der Waals surface area contributed by atoms with E-state index in [9.17, 15) is 5.11 Å². The highest BCUT2D eigenvalue weighted by Gasteiger charge is 2.05. The van der Waals surface area contributed by atoms with Gasteiger partial charge in [-0.3, -0.25) is 0 Å². The predicted octanol–water partition coefficient (Wildman–Crippen LogP) is 2.44. The Labute approximate surface area is 88.5 Å². The minimum Gasteiger partial charge on any atom is -0.507 e. The fraction of sp³-hybridized carbons (Fsp3) is 0.167. The van der Waals surface area contributed by atoms with Crippen LogP contribution in [0, 0.1) is 36.5 Å². The normalized spacial score (nSPS) is 8.80. The first-order chi connectivity index (χ1) is 7.10. The number of nitrogens with zero attached hydrogens (tertiary/aromatic N) is 2. The molecule has 74 valence electrons. The summed E-state index contributed by atoms with van der Waals surface area (Å²) in [6, 6.07) is 7.03. The molecule has 0 saturated carbocycles. The average Bonchev–Trinajstić information content (AvgIpc) is 2.25. The fourth-order valence-corrected chi connectivity index (χ4v) is 1.18. The first-order valence-corrected chi connectivity index (χ1v) is 4.41. The molecule has 1 rings (SSSR count). The van der Waals surface area contributed by atoms with E-state index in [2.05, 4.69) is 0 Å². The lowest BCUT2D eigenvalue weighted by molar-refractivity contribution is 0.469. The van der Waals surface area contributed by atoms with Gasteiger partial charge in [0.2, 0.25) is 0 Å². The van der Waals surface area contributed by atoms with Crippen LogP contribution in [-0.2, 0) is 0 Å². The summed E-state index contributed by atoms with van der Waals surface area (Å²) in [5.41, 5.74) is 2.21. The molecule has 0 unspecified atom stereocenters. The summed E-state index contributed by atoms with van der Waals surface area (Å²) < 4.78 is 0. The third-order valence-electron chi connectivity index (χ3n) is 2.27. The molecule has 15 heavy (non-hydrogen) atoms. The Hall–Kier alpha value is -2.26. The Morgan fingerprint density at radius 2 is 1.87 bits per heavy atom. The molecule has 1 aromatic carbocycles. The molecule has 1 aromatic rings. The Balaban J connectivity index is 3.32. The summed E-state index contributed by atoms with van der Waals surface area (Å²) in [5, 5.41) is 26.9. The van der Waals surface area contributed by atoms with E-state index in [-0.39, 0.29) is 11.3 Å². The summed E-state index contributed by atoms with van der Waals surface area (Å²) >= 11 is 0. The van der Waals surface area contributed by atoms with Crippen LogP contribution in [0.2, 0.25) is 0 Å². The molecular weight excluding hydrogens is 188 g/mol. The van der Waals surface area contributed by atoms with Gasteiger partial charge in [-0.2, -0.15) is 10.5 Å². The van der Waals surface area contributed by atoms with Crippen molar-refractivity contribution >= 4 is 6.08 Å². The van der Waals surface area contributed by atoms with Gasteiger partial charge < -0.3 is 5.11 Å². The van der Waals surface area contributed by atoms with Gasteiger partial charge in [0.15, 0.2) is 0 Å². The van der Waals surface area contributed by atoms with E-state index in [1.165, 1.54) is 6.08 Å². The molecule has 0 heterocycles. The van der Waals surface area contributed by atoms with Crippen LogP contribution in [0.5, 0.6) is 5.75 Å². The second kappa shape index (κ2) is 4.30. The van der Waals surface area contributed by atoms with E-state index < -0.39 is 0 Å². The molecule has 0 aromatic heterocycles. The fourth-order valence-electron chi connectivity index (χ4n) is 1.18.